The van der Waals surface area contributed by atoms with Crippen LogP contribution in [0.5, 0.6) is 5.75 Å². The van der Waals surface area contributed by atoms with Gasteiger partial charge in [0, 0.05) is 12.1 Å². The van der Waals surface area contributed by atoms with Crippen molar-refractivity contribution in [2.45, 2.75) is 52.3 Å². The first-order valence-electron chi connectivity index (χ1n) is 7.22. The number of ether oxygens (including phenoxy) is 1. The minimum atomic E-state index is -0.496. The fourth-order valence-electron chi connectivity index (χ4n) is 1.74. The molecular formula is C16H26N2O2. The molecule has 20 heavy (non-hydrogen) atoms. The van der Waals surface area contributed by atoms with Crippen molar-refractivity contribution < 1.29 is 9.53 Å². The summed E-state index contributed by atoms with van der Waals surface area (Å²) in [4.78, 5) is 11.9. The van der Waals surface area contributed by atoms with Crippen molar-refractivity contribution in [1.29, 1.82) is 0 Å². The zero-order valence-electron chi connectivity index (χ0n) is 13.1. The molecule has 0 saturated heterocycles. The molecule has 1 aromatic carbocycles. The molecule has 0 aliphatic heterocycles. The summed E-state index contributed by atoms with van der Waals surface area (Å²) in [5, 5.41) is 6.11. The second-order valence-corrected chi connectivity index (χ2v) is 5.16. The summed E-state index contributed by atoms with van der Waals surface area (Å²) in [6, 6.07) is 8.25. The maximum atomic E-state index is 11.9. The molecule has 2 N–H and O–H groups in total. The third-order valence-electron chi connectivity index (χ3n) is 3.47. The van der Waals surface area contributed by atoms with Crippen LogP contribution in [-0.4, -0.2) is 25.1 Å². The number of nitrogens with one attached hydrogen (secondary N) is 2. The van der Waals surface area contributed by atoms with E-state index in [0.29, 0.717) is 0 Å². The van der Waals surface area contributed by atoms with E-state index >= 15 is 0 Å². The summed E-state index contributed by atoms with van der Waals surface area (Å²) in [7, 11) is 1.92. The number of hydrogen-bond acceptors (Lipinski definition) is 3. The molecule has 0 aromatic heterocycles. The van der Waals surface area contributed by atoms with Crippen molar-refractivity contribution in [3.8, 4) is 5.75 Å². The zero-order valence-corrected chi connectivity index (χ0v) is 13.1. The van der Waals surface area contributed by atoms with Gasteiger partial charge in [0.05, 0.1) is 0 Å². The maximum Gasteiger partial charge on any atom is 0.260 e. The van der Waals surface area contributed by atoms with Crippen LogP contribution in [-0.2, 0) is 4.79 Å². The monoisotopic (exact) mass is 278 g/mol. The molecule has 112 valence electrons. The number of carbonyl (C=O) groups excluding carboxylic acids is 1. The summed E-state index contributed by atoms with van der Waals surface area (Å²) in [6.45, 7) is 7.88. The molecule has 0 fully saturated rings. The molecule has 0 radical (unpaired) electrons. The largest absolute Gasteiger partial charge is 0.481 e. The van der Waals surface area contributed by atoms with Gasteiger partial charge in [0.1, 0.15) is 5.75 Å². The Morgan fingerprint density at radius 2 is 2.00 bits per heavy atom. The molecule has 0 aliphatic carbocycles. The Balaban J connectivity index is 2.66. The Kier molecular flexibility index (Phi) is 6.52. The lowest BCUT2D eigenvalue weighted by Crippen LogP contribution is -2.41. The van der Waals surface area contributed by atoms with Crippen molar-refractivity contribution >= 4 is 5.91 Å². The number of hydrogen-bond donors (Lipinski definition) is 2. The third-order valence-corrected chi connectivity index (χ3v) is 3.47. The van der Waals surface area contributed by atoms with Gasteiger partial charge in [-0.15, -0.1) is 0 Å². The highest BCUT2D eigenvalue weighted by atomic mass is 16.5. The Hall–Kier alpha value is -1.55. The Morgan fingerprint density at radius 1 is 1.30 bits per heavy atom. The van der Waals surface area contributed by atoms with Crippen LogP contribution in [0.3, 0.4) is 0 Å². The topological polar surface area (TPSA) is 50.4 Å². The highest BCUT2D eigenvalue weighted by Gasteiger charge is 2.16. The van der Waals surface area contributed by atoms with Crippen LogP contribution >= 0.6 is 0 Å². The maximum absolute atomic E-state index is 11.9. The molecule has 1 aromatic rings. The van der Waals surface area contributed by atoms with Crippen molar-refractivity contribution in [3.05, 3.63) is 29.8 Å². The molecule has 1 amide bonds. The summed E-state index contributed by atoms with van der Waals surface area (Å²) in [5.74, 6) is 0.641. The van der Waals surface area contributed by atoms with Crippen LogP contribution in [0.2, 0.25) is 0 Å². The van der Waals surface area contributed by atoms with Crippen LogP contribution in [0.25, 0.3) is 0 Å². The minimum Gasteiger partial charge on any atom is -0.481 e. The van der Waals surface area contributed by atoms with Crippen molar-refractivity contribution in [1.82, 2.24) is 10.6 Å². The summed E-state index contributed by atoms with van der Waals surface area (Å²) >= 11 is 0. The summed E-state index contributed by atoms with van der Waals surface area (Å²) < 4.78 is 5.72. The smallest absolute Gasteiger partial charge is 0.260 e. The third kappa shape index (κ3) is 4.85. The van der Waals surface area contributed by atoms with E-state index in [9.17, 15) is 4.79 Å². The van der Waals surface area contributed by atoms with Gasteiger partial charge in [0.25, 0.3) is 5.91 Å². The van der Waals surface area contributed by atoms with Gasteiger partial charge in [-0.3, -0.25) is 4.79 Å². The molecule has 4 heteroatoms. The average molecular weight is 278 g/mol. The zero-order chi connectivity index (χ0) is 15.1. The standard InChI is InChI=1S/C16H26N2O2/c1-6-11(2)18-16(19)13(4)20-15-9-7-8-14(10-15)12(3)17-5/h7-13,17H,6H2,1-5H3,(H,18,19). The van der Waals surface area contributed by atoms with E-state index in [1.807, 2.05) is 45.2 Å². The quantitative estimate of drug-likeness (QED) is 0.806. The fraction of sp³-hybridized carbons (Fsp3) is 0.562. The van der Waals surface area contributed by atoms with Crippen LogP contribution < -0.4 is 15.4 Å². The SMILES string of the molecule is CCC(C)NC(=O)C(C)Oc1cccc(C(C)NC)c1. The van der Waals surface area contributed by atoms with E-state index in [4.69, 9.17) is 4.74 Å². The lowest BCUT2D eigenvalue weighted by atomic mass is 10.1. The predicted octanol–water partition coefficient (Wildman–Crippen LogP) is 2.65. The minimum absolute atomic E-state index is 0.0774. The molecular weight excluding hydrogens is 252 g/mol. The molecule has 1 rings (SSSR count). The van der Waals surface area contributed by atoms with E-state index in [2.05, 4.69) is 17.6 Å². The van der Waals surface area contributed by atoms with Crippen LogP contribution in [0.4, 0.5) is 0 Å². The van der Waals surface area contributed by atoms with Crippen molar-refractivity contribution in [2.75, 3.05) is 7.05 Å². The number of rotatable bonds is 7. The van der Waals surface area contributed by atoms with Gasteiger partial charge in [-0.25, -0.2) is 0 Å². The Labute approximate surface area is 121 Å². The lowest BCUT2D eigenvalue weighted by molar-refractivity contribution is -0.127. The highest BCUT2D eigenvalue weighted by Crippen LogP contribution is 2.19. The first-order valence-corrected chi connectivity index (χ1v) is 7.22. The fourth-order valence-corrected chi connectivity index (χ4v) is 1.74. The number of amides is 1. The van der Waals surface area contributed by atoms with Gasteiger partial charge >= 0.3 is 0 Å². The van der Waals surface area contributed by atoms with E-state index < -0.39 is 6.10 Å². The average Bonchev–Trinajstić information content (AvgIpc) is 2.46. The van der Waals surface area contributed by atoms with Gasteiger partial charge in [-0.2, -0.15) is 0 Å². The van der Waals surface area contributed by atoms with Gasteiger partial charge in [0.15, 0.2) is 6.10 Å². The number of benzene rings is 1. The van der Waals surface area contributed by atoms with Gasteiger partial charge in [-0.1, -0.05) is 19.1 Å². The second-order valence-electron chi connectivity index (χ2n) is 5.16. The van der Waals surface area contributed by atoms with E-state index in [1.165, 1.54) is 0 Å². The second kappa shape index (κ2) is 7.90. The first kappa shape index (κ1) is 16.5. The van der Waals surface area contributed by atoms with E-state index in [0.717, 1.165) is 17.7 Å². The lowest BCUT2D eigenvalue weighted by Gasteiger charge is -2.19. The van der Waals surface area contributed by atoms with E-state index in [-0.39, 0.29) is 18.0 Å². The van der Waals surface area contributed by atoms with Crippen LogP contribution in [0.15, 0.2) is 24.3 Å². The Bertz CT molecular complexity index is 434. The normalized spacial score (nSPS) is 15.2. The first-order chi connectivity index (χ1) is 9.47. The molecule has 0 heterocycles. The summed E-state index contributed by atoms with van der Waals surface area (Å²) in [6.07, 6.45) is 0.414. The molecule has 0 saturated carbocycles. The highest BCUT2D eigenvalue weighted by molar-refractivity contribution is 5.80. The number of carbonyl (C=O) groups is 1. The van der Waals surface area contributed by atoms with Crippen LogP contribution in [0, 0.1) is 0 Å². The van der Waals surface area contributed by atoms with Crippen molar-refractivity contribution in [2.24, 2.45) is 0 Å². The summed E-state index contributed by atoms with van der Waals surface area (Å²) in [5.41, 5.74) is 1.14. The van der Waals surface area contributed by atoms with Crippen molar-refractivity contribution in [3.63, 3.8) is 0 Å². The van der Waals surface area contributed by atoms with Gasteiger partial charge < -0.3 is 15.4 Å². The van der Waals surface area contributed by atoms with Crippen LogP contribution in [0.1, 0.15) is 45.7 Å². The molecule has 0 bridgehead atoms. The molecule has 0 aliphatic rings. The van der Waals surface area contributed by atoms with E-state index in [1.54, 1.807) is 6.92 Å². The molecule has 3 atom stereocenters. The Morgan fingerprint density at radius 3 is 2.60 bits per heavy atom. The van der Waals surface area contributed by atoms with Gasteiger partial charge in [-0.05, 0) is 51.9 Å². The molecule has 3 unspecified atom stereocenters. The predicted molar refractivity (Wildman–Crippen MR) is 81.9 cm³/mol. The van der Waals surface area contributed by atoms with Gasteiger partial charge in [0.2, 0.25) is 0 Å². The molecule has 4 nitrogen and oxygen atoms in total. The molecule has 0 spiro atoms.